The third kappa shape index (κ3) is 4.48. The Morgan fingerprint density at radius 2 is 1.80 bits per heavy atom. The van der Waals surface area contributed by atoms with Crippen LogP contribution in [-0.2, 0) is 10.0 Å². The van der Waals surface area contributed by atoms with Crippen LogP contribution in [0.5, 0.6) is 6.01 Å². The Morgan fingerprint density at radius 3 is 2.48 bits per heavy atom. The zero-order chi connectivity index (χ0) is 17.9. The van der Waals surface area contributed by atoms with Crippen LogP contribution in [0.2, 0.25) is 5.02 Å². The summed E-state index contributed by atoms with van der Waals surface area (Å²) in [5.41, 5.74) is 0.565. The van der Waals surface area contributed by atoms with Crippen molar-refractivity contribution in [1.82, 2.24) is 14.7 Å². The molecule has 1 heterocycles. The summed E-state index contributed by atoms with van der Waals surface area (Å²) in [5.74, 6) is 0. The largest absolute Gasteiger partial charge is 0.460 e. The van der Waals surface area contributed by atoms with Crippen LogP contribution in [0.4, 0.5) is 0 Å². The maximum Gasteiger partial charge on any atom is 0.316 e. The molecule has 1 aliphatic carbocycles. The van der Waals surface area contributed by atoms with Gasteiger partial charge in [0.2, 0.25) is 10.0 Å². The molecule has 1 fully saturated rings. The molecule has 3 rings (SSSR count). The smallest absolute Gasteiger partial charge is 0.316 e. The van der Waals surface area contributed by atoms with Crippen molar-refractivity contribution in [1.29, 1.82) is 0 Å². The van der Waals surface area contributed by atoms with Gasteiger partial charge in [-0.1, -0.05) is 17.7 Å². The fourth-order valence-electron chi connectivity index (χ4n) is 2.96. The van der Waals surface area contributed by atoms with Crippen molar-refractivity contribution < 1.29 is 13.2 Å². The quantitative estimate of drug-likeness (QED) is 0.860. The number of rotatable bonds is 5. The standard InChI is InChI=1S/C17H20ClN3O3S/c1-12-15(18)4-2-5-16(12)25(22,23)21-13-6-8-14(9-7-13)24-17-19-10-3-11-20-17/h2-5,10-11,13-14,21H,6-9H2,1H3. The summed E-state index contributed by atoms with van der Waals surface area (Å²) in [6, 6.07) is 6.89. The van der Waals surface area contributed by atoms with E-state index in [9.17, 15) is 8.42 Å². The first kappa shape index (κ1) is 18.1. The third-order valence-corrected chi connectivity index (χ3v) is 6.39. The highest BCUT2D eigenvalue weighted by atomic mass is 35.5. The lowest BCUT2D eigenvalue weighted by atomic mass is 9.94. The molecule has 6 nitrogen and oxygen atoms in total. The Labute approximate surface area is 152 Å². The highest BCUT2D eigenvalue weighted by molar-refractivity contribution is 7.89. The molecule has 1 saturated carbocycles. The summed E-state index contributed by atoms with van der Waals surface area (Å²) in [5, 5.41) is 0.447. The molecule has 0 radical (unpaired) electrons. The van der Waals surface area contributed by atoms with Gasteiger partial charge in [-0.05, 0) is 56.4 Å². The maximum atomic E-state index is 12.6. The van der Waals surface area contributed by atoms with Gasteiger partial charge < -0.3 is 4.74 Å². The van der Waals surface area contributed by atoms with E-state index < -0.39 is 10.0 Å². The highest BCUT2D eigenvalue weighted by Crippen LogP contribution is 2.26. The summed E-state index contributed by atoms with van der Waals surface area (Å²) in [4.78, 5) is 8.34. The molecule has 0 bridgehead atoms. The van der Waals surface area contributed by atoms with Crippen LogP contribution in [-0.4, -0.2) is 30.5 Å². The number of hydrogen-bond acceptors (Lipinski definition) is 5. The second-order valence-corrected chi connectivity index (χ2v) is 8.20. The van der Waals surface area contributed by atoms with Crippen LogP contribution in [0, 0.1) is 6.92 Å². The Morgan fingerprint density at radius 1 is 1.12 bits per heavy atom. The van der Waals surface area contributed by atoms with Crippen molar-refractivity contribution in [2.75, 3.05) is 0 Å². The molecule has 1 N–H and O–H groups in total. The molecule has 0 saturated heterocycles. The summed E-state index contributed by atoms with van der Waals surface area (Å²) in [6.07, 6.45) is 6.19. The zero-order valence-corrected chi connectivity index (χ0v) is 15.4. The van der Waals surface area contributed by atoms with Gasteiger partial charge in [-0.2, -0.15) is 0 Å². The minimum Gasteiger partial charge on any atom is -0.460 e. The average Bonchev–Trinajstić information content (AvgIpc) is 2.59. The monoisotopic (exact) mass is 381 g/mol. The molecule has 0 unspecified atom stereocenters. The van der Waals surface area contributed by atoms with Crippen LogP contribution >= 0.6 is 11.6 Å². The number of halogens is 1. The van der Waals surface area contributed by atoms with E-state index in [1.807, 2.05) is 0 Å². The van der Waals surface area contributed by atoms with Crippen LogP contribution < -0.4 is 9.46 Å². The number of sulfonamides is 1. The first-order valence-electron chi connectivity index (χ1n) is 8.17. The SMILES string of the molecule is Cc1c(Cl)cccc1S(=O)(=O)NC1CCC(Oc2ncccn2)CC1. The molecule has 1 aromatic heterocycles. The van der Waals surface area contributed by atoms with Gasteiger partial charge in [0.15, 0.2) is 0 Å². The van der Waals surface area contributed by atoms with E-state index in [1.165, 1.54) is 0 Å². The van der Waals surface area contributed by atoms with E-state index in [-0.39, 0.29) is 17.0 Å². The highest BCUT2D eigenvalue weighted by Gasteiger charge is 2.28. The lowest BCUT2D eigenvalue weighted by Gasteiger charge is -2.28. The Kier molecular flexibility index (Phi) is 5.56. The second kappa shape index (κ2) is 7.68. The molecule has 0 aliphatic heterocycles. The van der Waals surface area contributed by atoms with E-state index in [1.54, 1.807) is 43.6 Å². The van der Waals surface area contributed by atoms with E-state index in [0.717, 1.165) is 12.8 Å². The third-order valence-electron chi connectivity index (χ3n) is 4.32. The molecule has 8 heteroatoms. The number of hydrogen-bond donors (Lipinski definition) is 1. The Hall–Kier alpha value is -1.70. The molecule has 0 atom stereocenters. The van der Waals surface area contributed by atoms with Crippen LogP contribution in [0.25, 0.3) is 0 Å². The number of nitrogens with zero attached hydrogens (tertiary/aromatic N) is 2. The average molecular weight is 382 g/mol. The van der Waals surface area contributed by atoms with Gasteiger partial charge in [0, 0.05) is 23.5 Å². The molecule has 25 heavy (non-hydrogen) atoms. The predicted octanol–water partition coefficient (Wildman–Crippen LogP) is 3.11. The van der Waals surface area contributed by atoms with Crippen LogP contribution in [0.15, 0.2) is 41.6 Å². The summed E-state index contributed by atoms with van der Waals surface area (Å²) < 4.78 is 33.8. The Bertz CT molecular complexity index is 822. The molecule has 2 aromatic rings. The first-order chi connectivity index (χ1) is 12.0. The first-order valence-corrected chi connectivity index (χ1v) is 10.0. The summed E-state index contributed by atoms with van der Waals surface area (Å²) in [6.45, 7) is 1.71. The number of nitrogens with one attached hydrogen (secondary N) is 1. The van der Waals surface area contributed by atoms with Crippen molar-refractivity contribution in [3.63, 3.8) is 0 Å². The van der Waals surface area contributed by atoms with Gasteiger partial charge in [0.1, 0.15) is 6.10 Å². The lowest BCUT2D eigenvalue weighted by Crippen LogP contribution is -2.40. The normalized spacial score (nSPS) is 21.0. The second-order valence-electron chi connectivity index (χ2n) is 6.11. The molecular weight excluding hydrogens is 362 g/mol. The number of ether oxygens (including phenoxy) is 1. The van der Waals surface area contributed by atoms with Crippen molar-refractivity contribution in [3.8, 4) is 6.01 Å². The zero-order valence-electron chi connectivity index (χ0n) is 13.9. The minimum absolute atomic E-state index is 0.0102. The van der Waals surface area contributed by atoms with Gasteiger partial charge in [-0.25, -0.2) is 23.1 Å². The molecule has 1 aromatic carbocycles. The van der Waals surface area contributed by atoms with E-state index in [4.69, 9.17) is 16.3 Å². The van der Waals surface area contributed by atoms with E-state index >= 15 is 0 Å². The fourth-order valence-corrected chi connectivity index (χ4v) is 4.76. The van der Waals surface area contributed by atoms with Crippen molar-refractivity contribution in [3.05, 3.63) is 47.2 Å². The van der Waals surface area contributed by atoms with Crippen LogP contribution in [0.1, 0.15) is 31.2 Å². The van der Waals surface area contributed by atoms with Gasteiger partial charge in [-0.3, -0.25) is 0 Å². The molecule has 0 spiro atoms. The topological polar surface area (TPSA) is 81.2 Å². The van der Waals surface area contributed by atoms with E-state index in [2.05, 4.69) is 14.7 Å². The van der Waals surface area contributed by atoms with E-state index in [0.29, 0.717) is 29.4 Å². The summed E-state index contributed by atoms with van der Waals surface area (Å²) in [7, 11) is -3.59. The summed E-state index contributed by atoms with van der Waals surface area (Å²) >= 11 is 6.04. The molecule has 1 aliphatic rings. The number of aromatic nitrogens is 2. The van der Waals surface area contributed by atoms with Gasteiger partial charge in [-0.15, -0.1) is 0 Å². The lowest BCUT2D eigenvalue weighted by molar-refractivity contribution is 0.132. The number of benzene rings is 1. The van der Waals surface area contributed by atoms with Crippen molar-refractivity contribution in [2.24, 2.45) is 0 Å². The van der Waals surface area contributed by atoms with Gasteiger partial charge >= 0.3 is 6.01 Å². The molecule has 0 amide bonds. The van der Waals surface area contributed by atoms with Crippen molar-refractivity contribution >= 4 is 21.6 Å². The van der Waals surface area contributed by atoms with Crippen molar-refractivity contribution in [2.45, 2.75) is 49.6 Å². The maximum absolute atomic E-state index is 12.6. The van der Waals surface area contributed by atoms with Crippen LogP contribution in [0.3, 0.4) is 0 Å². The van der Waals surface area contributed by atoms with Gasteiger partial charge in [0.25, 0.3) is 0 Å². The molecule has 134 valence electrons. The predicted molar refractivity (Wildman–Crippen MR) is 95.2 cm³/mol. The van der Waals surface area contributed by atoms with Gasteiger partial charge in [0.05, 0.1) is 4.90 Å². The minimum atomic E-state index is -3.59. The fraction of sp³-hybridized carbons (Fsp3) is 0.412. The Balaban J connectivity index is 1.59. The molecular formula is C17H20ClN3O3S.